The van der Waals surface area contributed by atoms with Crippen LogP contribution in [0.15, 0.2) is 28.7 Å². The van der Waals surface area contributed by atoms with Crippen LogP contribution in [0.1, 0.15) is 10.5 Å². The molecule has 2 aromatic rings. The fraction of sp³-hybridized carbons (Fsp3) is 0.0833. The molecule has 0 fully saturated rings. The summed E-state index contributed by atoms with van der Waals surface area (Å²) >= 11 is 15.6. The van der Waals surface area contributed by atoms with Gasteiger partial charge in [-0.1, -0.05) is 39.1 Å². The van der Waals surface area contributed by atoms with Crippen molar-refractivity contribution in [3.05, 3.63) is 44.5 Å². The van der Waals surface area contributed by atoms with Crippen LogP contribution in [0, 0.1) is 0 Å². The minimum Gasteiger partial charge on any atom is -0.477 e. The third kappa shape index (κ3) is 2.28. The van der Waals surface area contributed by atoms with Crippen LogP contribution in [0.5, 0.6) is 0 Å². The Morgan fingerprint density at radius 2 is 1.83 bits per heavy atom. The predicted octanol–water partition coefficient (Wildman–Crippen LogP) is 4.46. The summed E-state index contributed by atoms with van der Waals surface area (Å²) in [6.07, 6.45) is 0. The Morgan fingerprint density at radius 3 is 2.28 bits per heavy atom. The lowest BCUT2D eigenvalue weighted by atomic mass is 10.1. The van der Waals surface area contributed by atoms with E-state index in [2.05, 4.69) is 15.9 Å². The molecule has 0 saturated heterocycles. The molecule has 1 aromatic heterocycles. The lowest BCUT2D eigenvalue weighted by molar-refractivity contribution is 0.0687. The highest BCUT2D eigenvalue weighted by Crippen LogP contribution is 2.37. The van der Waals surface area contributed by atoms with Gasteiger partial charge < -0.3 is 9.67 Å². The number of hydrogen-bond donors (Lipinski definition) is 1. The van der Waals surface area contributed by atoms with Gasteiger partial charge in [-0.2, -0.15) is 0 Å². The number of nitrogens with zero attached hydrogens (tertiary/aromatic N) is 1. The Labute approximate surface area is 122 Å². The van der Waals surface area contributed by atoms with E-state index in [9.17, 15) is 4.79 Å². The molecule has 0 amide bonds. The monoisotopic (exact) mass is 347 g/mol. The van der Waals surface area contributed by atoms with Crippen LogP contribution >= 0.6 is 39.1 Å². The van der Waals surface area contributed by atoms with Crippen molar-refractivity contribution in [2.24, 2.45) is 7.05 Å². The normalized spacial score (nSPS) is 10.7. The molecule has 0 aliphatic rings. The molecule has 2 rings (SSSR count). The first-order chi connectivity index (χ1) is 8.41. The maximum absolute atomic E-state index is 11.0. The Balaban J connectivity index is 2.67. The molecule has 0 bridgehead atoms. The summed E-state index contributed by atoms with van der Waals surface area (Å²) in [4.78, 5) is 11.0. The van der Waals surface area contributed by atoms with Gasteiger partial charge in [0.1, 0.15) is 5.69 Å². The summed E-state index contributed by atoms with van der Waals surface area (Å²) < 4.78 is 2.32. The second kappa shape index (κ2) is 4.96. The molecule has 18 heavy (non-hydrogen) atoms. The molecular formula is C12H8BrCl2NO2. The van der Waals surface area contributed by atoms with Crippen LogP contribution in [0.2, 0.25) is 10.0 Å². The van der Waals surface area contributed by atoms with E-state index >= 15 is 0 Å². The van der Waals surface area contributed by atoms with Gasteiger partial charge in [-0.25, -0.2) is 4.79 Å². The lowest BCUT2D eigenvalue weighted by Gasteiger charge is -2.10. The number of hydrogen-bond acceptors (Lipinski definition) is 1. The van der Waals surface area contributed by atoms with Crippen LogP contribution in [0.3, 0.4) is 0 Å². The zero-order valence-corrected chi connectivity index (χ0v) is 12.3. The van der Waals surface area contributed by atoms with Gasteiger partial charge in [0.05, 0.1) is 15.7 Å². The van der Waals surface area contributed by atoms with Crippen LogP contribution in [-0.2, 0) is 7.05 Å². The molecule has 94 valence electrons. The zero-order valence-electron chi connectivity index (χ0n) is 9.25. The van der Waals surface area contributed by atoms with Crippen molar-refractivity contribution in [3.63, 3.8) is 0 Å². The van der Waals surface area contributed by atoms with Crippen molar-refractivity contribution >= 4 is 45.1 Å². The second-order valence-electron chi connectivity index (χ2n) is 3.71. The molecule has 6 heteroatoms. The fourth-order valence-electron chi connectivity index (χ4n) is 1.76. The molecular weight excluding hydrogens is 341 g/mol. The number of carbonyl (C=O) groups is 1. The van der Waals surface area contributed by atoms with E-state index in [4.69, 9.17) is 28.3 Å². The van der Waals surface area contributed by atoms with Crippen LogP contribution in [0.4, 0.5) is 0 Å². The van der Waals surface area contributed by atoms with Crippen LogP contribution < -0.4 is 0 Å². The summed E-state index contributed by atoms with van der Waals surface area (Å²) in [5.74, 6) is -0.992. The molecule has 0 unspecified atom stereocenters. The van der Waals surface area contributed by atoms with E-state index in [1.807, 2.05) is 0 Å². The number of benzene rings is 1. The summed E-state index contributed by atoms with van der Waals surface area (Å²) in [6.45, 7) is 0. The van der Waals surface area contributed by atoms with E-state index in [1.54, 1.807) is 29.8 Å². The van der Waals surface area contributed by atoms with Gasteiger partial charge in [0.25, 0.3) is 0 Å². The van der Waals surface area contributed by atoms with Crippen molar-refractivity contribution in [2.75, 3.05) is 0 Å². The minimum absolute atomic E-state index is 0.181. The zero-order chi connectivity index (χ0) is 13.4. The molecule has 1 aromatic carbocycles. The summed E-state index contributed by atoms with van der Waals surface area (Å²) in [6, 6.07) is 6.64. The van der Waals surface area contributed by atoms with Gasteiger partial charge in [0.15, 0.2) is 0 Å². The molecule has 0 aliphatic carbocycles. The standard InChI is InChI=1S/C12H8BrCl2NO2/c1-16-9(2-3-10(16)12(17)18)11-7(14)4-6(13)5-8(11)15/h2-5H,1H3,(H,17,18). The Kier molecular flexibility index (Phi) is 3.71. The third-order valence-electron chi connectivity index (χ3n) is 2.60. The Morgan fingerprint density at radius 1 is 1.28 bits per heavy atom. The lowest BCUT2D eigenvalue weighted by Crippen LogP contribution is -2.05. The molecule has 3 nitrogen and oxygen atoms in total. The number of carboxylic acid groups (broad SMARTS) is 1. The van der Waals surface area contributed by atoms with E-state index in [-0.39, 0.29) is 5.69 Å². The van der Waals surface area contributed by atoms with Gasteiger partial charge in [0.2, 0.25) is 0 Å². The van der Waals surface area contributed by atoms with Crippen molar-refractivity contribution in [2.45, 2.75) is 0 Å². The van der Waals surface area contributed by atoms with Crippen molar-refractivity contribution in [3.8, 4) is 11.3 Å². The Hall–Kier alpha value is -0.970. The van der Waals surface area contributed by atoms with Crippen LogP contribution in [-0.4, -0.2) is 15.6 Å². The number of aromatic carboxylic acids is 1. The smallest absolute Gasteiger partial charge is 0.352 e. The number of halogens is 3. The summed E-state index contributed by atoms with van der Waals surface area (Å²) in [7, 11) is 1.66. The van der Waals surface area contributed by atoms with Crippen LogP contribution in [0.25, 0.3) is 11.3 Å². The molecule has 1 heterocycles. The SMILES string of the molecule is Cn1c(C(=O)O)ccc1-c1c(Cl)cc(Br)cc1Cl. The van der Waals surface area contributed by atoms with Gasteiger partial charge in [-0.05, 0) is 24.3 Å². The van der Waals surface area contributed by atoms with E-state index in [1.165, 1.54) is 6.07 Å². The number of rotatable bonds is 2. The Bertz CT molecular complexity index is 614. The largest absolute Gasteiger partial charge is 0.477 e. The summed E-state index contributed by atoms with van der Waals surface area (Å²) in [5, 5.41) is 9.94. The fourth-order valence-corrected chi connectivity index (χ4v) is 3.17. The van der Waals surface area contributed by atoms with E-state index in [0.29, 0.717) is 21.3 Å². The van der Waals surface area contributed by atoms with Crippen molar-refractivity contribution in [1.82, 2.24) is 4.57 Å². The van der Waals surface area contributed by atoms with Crippen molar-refractivity contribution < 1.29 is 9.90 Å². The maximum Gasteiger partial charge on any atom is 0.352 e. The first-order valence-corrected chi connectivity index (χ1v) is 6.50. The highest BCUT2D eigenvalue weighted by molar-refractivity contribution is 9.10. The maximum atomic E-state index is 11.0. The van der Waals surface area contributed by atoms with E-state index < -0.39 is 5.97 Å². The predicted molar refractivity (Wildman–Crippen MR) is 75.5 cm³/mol. The number of carboxylic acids is 1. The second-order valence-corrected chi connectivity index (χ2v) is 5.44. The third-order valence-corrected chi connectivity index (χ3v) is 3.66. The molecule has 1 N–H and O–H groups in total. The highest BCUT2D eigenvalue weighted by atomic mass is 79.9. The number of aromatic nitrogens is 1. The molecule has 0 spiro atoms. The first kappa shape index (κ1) is 13.5. The van der Waals surface area contributed by atoms with Gasteiger partial charge >= 0.3 is 5.97 Å². The average molecular weight is 349 g/mol. The highest BCUT2D eigenvalue weighted by Gasteiger charge is 2.17. The van der Waals surface area contributed by atoms with Gasteiger partial charge in [0, 0.05) is 17.1 Å². The minimum atomic E-state index is -0.992. The summed E-state index contributed by atoms with van der Waals surface area (Å²) in [5.41, 5.74) is 1.46. The topological polar surface area (TPSA) is 42.2 Å². The molecule has 0 aliphatic heterocycles. The first-order valence-electron chi connectivity index (χ1n) is 4.95. The molecule has 0 saturated carbocycles. The quantitative estimate of drug-likeness (QED) is 0.870. The average Bonchev–Trinajstić information content (AvgIpc) is 2.59. The molecule has 0 atom stereocenters. The van der Waals surface area contributed by atoms with E-state index in [0.717, 1.165) is 4.47 Å². The molecule has 0 radical (unpaired) electrons. The van der Waals surface area contributed by atoms with Crippen molar-refractivity contribution in [1.29, 1.82) is 0 Å². The van der Waals surface area contributed by atoms with Gasteiger partial charge in [-0.3, -0.25) is 0 Å². The van der Waals surface area contributed by atoms with Gasteiger partial charge in [-0.15, -0.1) is 0 Å².